The second kappa shape index (κ2) is 5.96. The van der Waals surface area contributed by atoms with Gasteiger partial charge in [-0.3, -0.25) is 0 Å². The van der Waals surface area contributed by atoms with Crippen molar-refractivity contribution in [3.63, 3.8) is 0 Å². The number of rotatable bonds is 8. The predicted molar refractivity (Wildman–Crippen MR) is 59.2 cm³/mol. The third-order valence-electron chi connectivity index (χ3n) is 2.60. The summed E-state index contributed by atoms with van der Waals surface area (Å²) in [6.45, 7) is 1.67. The fourth-order valence-electron chi connectivity index (χ4n) is 1.53. The molecule has 0 aliphatic heterocycles. The Labute approximate surface area is 95.6 Å². The summed E-state index contributed by atoms with van der Waals surface area (Å²) < 4.78 is 10.5. The number of nitrogens with one attached hydrogen (secondary N) is 1. The second-order valence-electron chi connectivity index (χ2n) is 4.16. The second-order valence-corrected chi connectivity index (χ2v) is 4.16. The smallest absolute Gasteiger partial charge is 0.217 e. The van der Waals surface area contributed by atoms with Gasteiger partial charge in [-0.1, -0.05) is 0 Å². The lowest BCUT2D eigenvalue weighted by Gasteiger charge is -1.97. The van der Waals surface area contributed by atoms with Gasteiger partial charge in [-0.05, 0) is 19.3 Å². The first kappa shape index (κ1) is 11.5. The molecule has 1 aliphatic carbocycles. The molecule has 0 unspecified atom stereocenters. The highest BCUT2D eigenvalue weighted by molar-refractivity contribution is 4.85. The van der Waals surface area contributed by atoms with Crippen molar-refractivity contribution >= 4 is 0 Å². The van der Waals surface area contributed by atoms with Crippen LogP contribution in [-0.2, 0) is 17.6 Å². The van der Waals surface area contributed by atoms with Crippen LogP contribution in [-0.4, -0.2) is 36.5 Å². The monoisotopic (exact) mass is 225 g/mol. The summed E-state index contributed by atoms with van der Waals surface area (Å²) in [7, 11) is 1.70. The number of methoxy groups -OCH3 is 1. The summed E-state index contributed by atoms with van der Waals surface area (Å²) in [6, 6.07) is 0.740. The number of hydrogen-bond donors (Lipinski definition) is 1. The largest absolute Gasteiger partial charge is 0.425 e. The highest BCUT2D eigenvalue weighted by Gasteiger charge is 2.20. The van der Waals surface area contributed by atoms with Crippen LogP contribution in [0.4, 0.5) is 0 Å². The van der Waals surface area contributed by atoms with Crippen molar-refractivity contribution in [2.45, 2.75) is 38.1 Å². The number of aromatic nitrogens is 2. The Morgan fingerprint density at radius 2 is 2.06 bits per heavy atom. The maximum Gasteiger partial charge on any atom is 0.217 e. The first-order valence-corrected chi connectivity index (χ1v) is 5.92. The highest BCUT2D eigenvalue weighted by Crippen LogP contribution is 2.18. The van der Waals surface area contributed by atoms with Gasteiger partial charge < -0.3 is 14.5 Å². The van der Waals surface area contributed by atoms with E-state index in [0.717, 1.165) is 50.2 Å². The van der Waals surface area contributed by atoms with Crippen molar-refractivity contribution in [2.24, 2.45) is 0 Å². The molecular weight excluding hydrogens is 206 g/mol. The lowest BCUT2D eigenvalue weighted by molar-refractivity contribution is 0.192. The number of aryl methyl sites for hydroxylation is 1. The minimum atomic E-state index is 0.721. The van der Waals surface area contributed by atoms with Crippen molar-refractivity contribution in [3.8, 4) is 0 Å². The van der Waals surface area contributed by atoms with Crippen LogP contribution >= 0.6 is 0 Å². The molecule has 1 aromatic rings. The first-order chi connectivity index (χ1) is 7.88. The zero-order valence-electron chi connectivity index (χ0n) is 9.74. The topological polar surface area (TPSA) is 60.2 Å². The molecule has 0 radical (unpaired) electrons. The molecule has 16 heavy (non-hydrogen) atoms. The molecule has 5 nitrogen and oxygen atoms in total. The zero-order valence-corrected chi connectivity index (χ0v) is 9.74. The van der Waals surface area contributed by atoms with Crippen LogP contribution in [0.2, 0.25) is 0 Å². The molecular formula is C11H19N3O2. The van der Waals surface area contributed by atoms with Gasteiger partial charge >= 0.3 is 0 Å². The van der Waals surface area contributed by atoms with Gasteiger partial charge in [0.1, 0.15) is 0 Å². The summed E-state index contributed by atoms with van der Waals surface area (Å²) in [5.74, 6) is 1.46. The molecule has 1 aromatic heterocycles. The van der Waals surface area contributed by atoms with Crippen molar-refractivity contribution < 1.29 is 9.15 Å². The van der Waals surface area contributed by atoms with Crippen molar-refractivity contribution in [3.05, 3.63) is 11.8 Å². The maximum atomic E-state index is 5.51. The van der Waals surface area contributed by atoms with Crippen LogP contribution in [0.1, 0.15) is 31.0 Å². The van der Waals surface area contributed by atoms with E-state index in [-0.39, 0.29) is 0 Å². The molecule has 0 atom stereocenters. The Kier molecular flexibility index (Phi) is 4.30. The van der Waals surface area contributed by atoms with E-state index in [1.807, 2.05) is 0 Å². The molecule has 90 valence electrons. The molecule has 0 saturated heterocycles. The number of nitrogens with zero attached hydrogens (tertiary/aromatic N) is 2. The Morgan fingerprint density at radius 3 is 2.75 bits per heavy atom. The van der Waals surface area contributed by atoms with Crippen LogP contribution in [0.3, 0.4) is 0 Å². The van der Waals surface area contributed by atoms with Gasteiger partial charge in [0, 0.05) is 39.1 Å². The van der Waals surface area contributed by atoms with Crippen LogP contribution in [0, 0.1) is 0 Å². The van der Waals surface area contributed by atoms with Crippen LogP contribution in [0.5, 0.6) is 0 Å². The van der Waals surface area contributed by atoms with Crippen LogP contribution < -0.4 is 5.32 Å². The third-order valence-corrected chi connectivity index (χ3v) is 2.60. The van der Waals surface area contributed by atoms with Gasteiger partial charge in [-0.25, -0.2) is 0 Å². The van der Waals surface area contributed by atoms with E-state index in [1.165, 1.54) is 12.8 Å². The van der Waals surface area contributed by atoms with E-state index >= 15 is 0 Å². The Balaban J connectivity index is 1.64. The summed E-state index contributed by atoms with van der Waals surface area (Å²) in [6.07, 6.45) is 5.18. The van der Waals surface area contributed by atoms with Gasteiger partial charge in [0.05, 0.1) is 0 Å². The van der Waals surface area contributed by atoms with Crippen LogP contribution in [0.15, 0.2) is 4.42 Å². The molecule has 0 bridgehead atoms. The van der Waals surface area contributed by atoms with E-state index < -0.39 is 0 Å². The quantitative estimate of drug-likeness (QED) is 0.667. The number of hydrogen-bond acceptors (Lipinski definition) is 5. The Bertz CT molecular complexity index is 310. The third kappa shape index (κ3) is 3.90. The van der Waals surface area contributed by atoms with E-state index in [9.17, 15) is 0 Å². The average molecular weight is 225 g/mol. The van der Waals surface area contributed by atoms with Crippen molar-refractivity contribution in [2.75, 3.05) is 20.3 Å². The lowest BCUT2D eigenvalue weighted by Crippen LogP contribution is -2.19. The summed E-state index contributed by atoms with van der Waals surface area (Å²) in [5, 5.41) is 11.4. The van der Waals surface area contributed by atoms with Gasteiger partial charge in [-0.15, -0.1) is 10.2 Å². The SMILES string of the molecule is COCCCc1nnc(CCNC2CC2)o1. The first-order valence-electron chi connectivity index (χ1n) is 5.92. The normalized spacial score (nSPS) is 15.6. The molecule has 0 spiro atoms. The molecule has 1 N–H and O–H groups in total. The average Bonchev–Trinajstić information content (AvgIpc) is 2.99. The fraction of sp³-hybridized carbons (Fsp3) is 0.818. The van der Waals surface area contributed by atoms with E-state index in [0.29, 0.717) is 0 Å². The molecule has 5 heteroatoms. The van der Waals surface area contributed by atoms with Gasteiger partial charge in [0.15, 0.2) is 0 Å². The molecule has 0 aromatic carbocycles. The molecule has 1 heterocycles. The number of ether oxygens (including phenoxy) is 1. The minimum absolute atomic E-state index is 0.721. The van der Waals surface area contributed by atoms with Gasteiger partial charge in [0.2, 0.25) is 11.8 Å². The molecule has 1 saturated carbocycles. The summed E-state index contributed by atoms with van der Waals surface area (Å²) in [5.41, 5.74) is 0. The summed E-state index contributed by atoms with van der Waals surface area (Å²) >= 11 is 0. The van der Waals surface area contributed by atoms with Crippen molar-refractivity contribution in [1.29, 1.82) is 0 Å². The Hall–Kier alpha value is -0.940. The highest BCUT2D eigenvalue weighted by atomic mass is 16.5. The molecule has 0 amide bonds. The standard InChI is InChI=1S/C11H19N3O2/c1-15-8-2-3-10-13-14-11(16-10)6-7-12-9-4-5-9/h9,12H,2-8H2,1H3. The molecule has 1 fully saturated rings. The summed E-state index contributed by atoms with van der Waals surface area (Å²) in [4.78, 5) is 0. The van der Waals surface area contributed by atoms with Crippen LogP contribution in [0.25, 0.3) is 0 Å². The lowest BCUT2D eigenvalue weighted by atomic mass is 10.3. The fourth-order valence-corrected chi connectivity index (χ4v) is 1.53. The van der Waals surface area contributed by atoms with Gasteiger partial charge in [-0.2, -0.15) is 0 Å². The molecule has 2 rings (SSSR count). The van der Waals surface area contributed by atoms with E-state index in [2.05, 4.69) is 15.5 Å². The predicted octanol–water partition coefficient (Wildman–Crippen LogP) is 0.943. The van der Waals surface area contributed by atoms with E-state index in [1.54, 1.807) is 7.11 Å². The van der Waals surface area contributed by atoms with Gasteiger partial charge in [0.25, 0.3) is 0 Å². The molecule has 1 aliphatic rings. The zero-order chi connectivity index (χ0) is 11.2. The van der Waals surface area contributed by atoms with Crippen molar-refractivity contribution in [1.82, 2.24) is 15.5 Å². The Morgan fingerprint density at radius 1 is 1.31 bits per heavy atom. The minimum Gasteiger partial charge on any atom is -0.425 e. The maximum absolute atomic E-state index is 5.51. The van der Waals surface area contributed by atoms with E-state index in [4.69, 9.17) is 9.15 Å².